The molecule has 3 aromatic carbocycles. The molecule has 220 valence electrons. The van der Waals surface area contributed by atoms with E-state index in [0.29, 0.717) is 39.8 Å². The molecule has 0 aliphatic carbocycles. The van der Waals surface area contributed by atoms with Crippen LogP contribution in [0.3, 0.4) is 0 Å². The van der Waals surface area contributed by atoms with Gasteiger partial charge in [0.15, 0.2) is 0 Å². The van der Waals surface area contributed by atoms with Crippen LogP contribution in [-0.4, -0.2) is 44.3 Å². The van der Waals surface area contributed by atoms with Gasteiger partial charge < -0.3 is 10.2 Å². The summed E-state index contributed by atoms with van der Waals surface area (Å²) in [7, 11) is -4.15. The van der Waals surface area contributed by atoms with Gasteiger partial charge in [-0.1, -0.05) is 80.4 Å². The third kappa shape index (κ3) is 8.03. The second-order valence-electron chi connectivity index (χ2n) is 10.4. The molecule has 1 N–H and O–H groups in total. The number of halogens is 2. The maximum absolute atomic E-state index is 14.2. The van der Waals surface area contributed by atoms with E-state index < -0.39 is 28.5 Å². The monoisotopic (exact) mass is 617 g/mol. The van der Waals surface area contributed by atoms with Crippen LogP contribution in [0.25, 0.3) is 0 Å². The van der Waals surface area contributed by atoms with Crippen molar-refractivity contribution in [2.24, 2.45) is 5.92 Å². The van der Waals surface area contributed by atoms with Gasteiger partial charge in [-0.05, 0) is 67.6 Å². The molecular formula is C31H37Cl2N3O4S. The maximum atomic E-state index is 14.2. The van der Waals surface area contributed by atoms with Gasteiger partial charge in [-0.15, -0.1) is 0 Å². The maximum Gasteiger partial charge on any atom is 0.264 e. The van der Waals surface area contributed by atoms with E-state index in [1.54, 1.807) is 56.3 Å². The van der Waals surface area contributed by atoms with Gasteiger partial charge in [0, 0.05) is 28.7 Å². The van der Waals surface area contributed by atoms with E-state index in [-0.39, 0.29) is 23.3 Å². The molecule has 0 heterocycles. The molecule has 41 heavy (non-hydrogen) atoms. The Kier molecular flexibility index (Phi) is 11.2. The summed E-state index contributed by atoms with van der Waals surface area (Å²) in [5, 5.41) is 3.60. The quantitative estimate of drug-likeness (QED) is 0.255. The van der Waals surface area contributed by atoms with Crippen molar-refractivity contribution < 1.29 is 18.0 Å². The molecular weight excluding hydrogens is 581 g/mol. The summed E-state index contributed by atoms with van der Waals surface area (Å²) in [6.45, 7) is 9.24. The fourth-order valence-electron chi connectivity index (χ4n) is 4.42. The number of aryl methyl sites for hydroxylation is 2. The number of sulfonamides is 1. The lowest BCUT2D eigenvalue weighted by atomic mass is 10.1. The molecule has 0 spiro atoms. The fraction of sp³-hybridized carbons (Fsp3) is 0.355. The summed E-state index contributed by atoms with van der Waals surface area (Å²) in [6, 6.07) is 17.6. The first kappa shape index (κ1) is 32.4. The summed E-state index contributed by atoms with van der Waals surface area (Å²) in [4.78, 5) is 29.0. The Labute approximate surface area is 253 Å². The smallest absolute Gasteiger partial charge is 0.264 e. The van der Waals surface area contributed by atoms with Crippen LogP contribution in [0.4, 0.5) is 5.69 Å². The molecule has 7 nitrogen and oxygen atoms in total. The lowest BCUT2D eigenvalue weighted by molar-refractivity contribution is -0.140. The van der Waals surface area contributed by atoms with Crippen LogP contribution in [0.2, 0.25) is 10.0 Å². The number of rotatable bonds is 12. The predicted octanol–water partition coefficient (Wildman–Crippen LogP) is 6.39. The van der Waals surface area contributed by atoms with Crippen molar-refractivity contribution in [3.8, 4) is 0 Å². The Morgan fingerprint density at radius 2 is 1.56 bits per heavy atom. The second kappa shape index (κ2) is 14.2. The van der Waals surface area contributed by atoms with Crippen molar-refractivity contribution in [1.82, 2.24) is 10.2 Å². The molecule has 10 heteroatoms. The van der Waals surface area contributed by atoms with Crippen LogP contribution >= 0.6 is 23.2 Å². The molecule has 0 unspecified atom stereocenters. The number of amides is 2. The van der Waals surface area contributed by atoms with E-state index in [4.69, 9.17) is 23.2 Å². The third-order valence-electron chi connectivity index (χ3n) is 6.70. The molecule has 3 rings (SSSR count). The number of nitrogens with zero attached hydrogens (tertiary/aromatic N) is 2. The Hall–Kier alpha value is -3.07. The van der Waals surface area contributed by atoms with Crippen molar-refractivity contribution in [1.29, 1.82) is 0 Å². The van der Waals surface area contributed by atoms with Crippen LogP contribution in [-0.2, 0) is 26.2 Å². The highest BCUT2D eigenvalue weighted by atomic mass is 35.5. The Balaban J connectivity index is 2.12. The van der Waals surface area contributed by atoms with Crippen molar-refractivity contribution in [3.05, 3.63) is 93.5 Å². The third-order valence-corrected chi connectivity index (χ3v) is 9.19. The number of nitrogens with one attached hydrogen (secondary N) is 1. The lowest BCUT2D eigenvalue weighted by Crippen LogP contribution is -2.52. The zero-order chi connectivity index (χ0) is 30.3. The Morgan fingerprint density at radius 1 is 0.927 bits per heavy atom. The van der Waals surface area contributed by atoms with E-state index >= 15 is 0 Å². The molecule has 1 atom stereocenters. The number of hydrogen-bond donors (Lipinski definition) is 1. The molecule has 0 fully saturated rings. The summed E-state index contributed by atoms with van der Waals surface area (Å²) in [5.41, 5.74) is 2.38. The van der Waals surface area contributed by atoms with Gasteiger partial charge >= 0.3 is 0 Å². The minimum atomic E-state index is -4.15. The molecule has 0 aliphatic heterocycles. The van der Waals surface area contributed by atoms with Crippen LogP contribution < -0.4 is 9.62 Å². The number of anilines is 1. The average molecular weight is 619 g/mol. The van der Waals surface area contributed by atoms with E-state index in [0.717, 1.165) is 9.87 Å². The molecule has 0 bridgehead atoms. The number of hydrogen-bond acceptors (Lipinski definition) is 4. The first-order valence-electron chi connectivity index (χ1n) is 13.5. The number of benzene rings is 3. The summed E-state index contributed by atoms with van der Waals surface area (Å²) in [5.74, 6) is -0.690. The first-order chi connectivity index (χ1) is 19.4. The summed E-state index contributed by atoms with van der Waals surface area (Å²) < 4.78 is 29.1. The second-order valence-corrected chi connectivity index (χ2v) is 13.1. The van der Waals surface area contributed by atoms with E-state index in [1.165, 1.54) is 17.0 Å². The normalized spacial score (nSPS) is 12.2. The zero-order valence-corrected chi connectivity index (χ0v) is 26.4. The van der Waals surface area contributed by atoms with Crippen LogP contribution in [0.15, 0.2) is 71.6 Å². The van der Waals surface area contributed by atoms with Gasteiger partial charge in [0.1, 0.15) is 12.6 Å². The lowest BCUT2D eigenvalue weighted by Gasteiger charge is -2.34. The van der Waals surface area contributed by atoms with Gasteiger partial charge in [0.2, 0.25) is 11.8 Å². The van der Waals surface area contributed by atoms with Gasteiger partial charge in [-0.25, -0.2) is 8.42 Å². The van der Waals surface area contributed by atoms with Crippen LogP contribution in [0.1, 0.15) is 43.9 Å². The van der Waals surface area contributed by atoms with Crippen molar-refractivity contribution in [3.63, 3.8) is 0 Å². The molecule has 0 aliphatic rings. The van der Waals surface area contributed by atoms with Gasteiger partial charge in [0.05, 0.1) is 10.6 Å². The average Bonchev–Trinajstić information content (AvgIpc) is 2.93. The summed E-state index contributed by atoms with van der Waals surface area (Å²) in [6.07, 6.45) is 0.298. The minimum absolute atomic E-state index is 0.0520. The van der Waals surface area contributed by atoms with Crippen molar-refractivity contribution in [2.75, 3.05) is 17.4 Å². The molecule has 0 radical (unpaired) electrons. The Bertz CT molecular complexity index is 1460. The van der Waals surface area contributed by atoms with E-state index in [1.807, 2.05) is 32.9 Å². The highest BCUT2D eigenvalue weighted by Crippen LogP contribution is 2.30. The molecule has 0 aromatic heterocycles. The largest absolute Gasteiger partial charge is 0.354 e. The number of carbonyl (C=O) groups excluding carboxylic acids is 2. The fourth-order valence-corrected chi connectivity index (χ4v) is 6.43. The van der Waals surface area contributed by atoms with Gasteiger partial charge in [-0.3, -0.25) is 13.9 Å². The van der Waals surface area contributed by atoms with Gasteiger partial charge in [-0.2, -0.15) is 0 Å². The standard InChI is InChI=1S/C31H37Cl2N3O4S/c1-6-28(31(38)34-18-21(2)3)35(19-25-26(32)13-10-14-27(25)33)30(37)20-36(29-17-22(4)15-16-23(29)5)41(39,40)24-11-8-7-9-12-24/h7-17,21,28H,6,18-20H2,1-5H3,(H,34,38)/t28-/m1/s1. The highest BCUT2D eigenvalue weighted by Gasteiger charge is 2.34. The summed E-state index contributed by atoms with van der Waals surface area (Å²) >= 11 is 12.9. The van der Waals surface area contributed by atoms with Crippen molar-refractivity contribution >= 4 is 50.7 Å². The molecule has 2 amide bonds. The minimum Gasteiger partial charge on any atom is -0.354 e. The Morgan fingerprint density at radius 3 is 2.15 bits per heavy atom. The van der Waals surface area contributed by atoms with Gasteiger partial charge in [0.25, 0.3) is 10.0 Å². The van der Waals surface area contributed by atoms with Crippen LogP contribution in [0, 0.1) is 19.8 Å². The topological polar surface area (TPSA) is 86.8 Å². The van der Waals surface area contributed by atoms with E-state index in [9.17, 15) is 18.0 Å². The highest BCUT2D eigenvalue weighted by molar-refractivity contribution is 7.92. The molecule has 3 aromatic rings. The predicted molar refractivity (Wildman–Crippen MR) is 166 cm³/mol. The molecule has 0 saturated heterocycles. The van der Waals surface area contributed by atoms with Crippen LogP contribution in [0.5, 0.6) is 0 Å². The van der Waals surface area contributed by atoms with E-state index in [2.05, 4.69) is 5.32 Å². The van der Waals surface area contributed by atoms with Crippen molar-refractivity contribution in [2.45, 2.75) is 58.5 Å². The zero-order valence-electron chi connectivity index (χ0n) is 24.0. The molecule has 0 saturated carbocycles. The number of carbonyl (C=O) groups is 2. The SMILES string of the molecule is CC[C@H](C(=O)NCC(C)C)N(Cc1c(Cl)cccc1Cl)C(=O)CN(c1cc(C)ccc1C)S(=O)(=O)c1ccccc1. The first-order valence-corrected chi connectivity index (χ1v) is 15.7.